The number of hydrogen-bond acceptors (Lipinski definition) is 6. The van der Waals surface area contributed by atoms with Gasteiger partial charge in [-0.15, -0.1) is 0 Å². The largest absolute Gasteiger partial charge is 0.455 e. The summed E-state index contributed by atoms with van der Waals surface area (Å²) >= 11 is 0. The first-order valence-electron chi connectivity index (χ1n) is 13.8. The number of fused-ring (bicyclic) bond motifs is 3. The van der Waals surface area contributed by atoms with Gasteiger partial charge in [-0.3, -0.25) is 14.3 Å². The van der Waals surface area contributed by atoms with E-state index in [-0.39, 0.29) is 53.8 Å². The quantitative estimate of drug-likeness (QED) is 0.570. The molecule has 0 spiro atoms. The zero-order valence-corrected chi connectivity index (χ0v) is 21.9. The maximum Gasteiger partial charge on any atom is 0.420 e. The molecule has 2 aromatic rings. The van der Waals surface area contributed by atoms with Crippen LogP contribution in [0.5, 0.6) is 0 Å². The molecule has 0 aromatic carbocycles. The van der Waals surface area contributed by atoms with Crippen molar-refractivity contribution in [3.63, 3.8) is 0 Å². The molecule has 2 N–H and O–H groups in total. The third kappa shape index (κ3) is 4.97. The van der Waals surface area contributed by atoms with Crippen LogP contribution in [0, 0.1) is 5.92 Å². The fourth-order valence-electron chi connectivity index (χ4n) is 6.08. The van der Waals surface area contributed by atoms with Crippen LogP contribution < -0.4 is 5.32 Å². The van der Waals surface area contributed by atoms with Crippen LogP contribution in [0.1, 0.15) is 78.8 Å². The number of aromatic nitrogens is 2. The fraction of sp³-hybridized carbons (Fsp3) is 0.667. The van der Waals surface area contributed by atoms with Gasteiger partial charge in [-0.2, -0.15) is 18.3 Å². The predicted molar refractivity (Wildman–Crippen MR) is 132 cm³/mol. The molecule has 2 aliphatic carbocycles. The molecule has 9 nitrogen and oxygen atoms in total. The van der Waals surface area contributed by atoms with E-state index in [1.165, 1.54) is 0 Å². The molecule has 39 heavy (non-hydrogen) atoms. The standard InChI is InChI=1S/C27H33F3N4O5/c1-15-11-19-20(21(27(28,29)30)23(39-19)24(35)31-12-17-3-2-10-38-17)22-18(15)14-34(32-22)13-16-4-8-33(9-5-16)25(36)26(37)6-7-26/h14-17,37H,2-13H2,1H3,(H,31,35)/t15-,17+/m1/s1. The first kappa shape index (κ1) is 26.4. The van der Waals surface area contributed by atoms with Gasteiger partial charge in [0.1, 0.15) is 16.9 Å². The number of furan rings is 1. The van der Waals surface area contributed by atoms with E-state index in [0.717, 1.165) is 25.7 Å². The lowest BCUT2D eigenvalue weighted by Gasteiger charge is -2.33. The Hall–Kier alpha value is -2.86. The number of rotatable bonds is 6. The number of hydrogen-bond donors (Lipinski definition) is 2. The Morgan fingerprint density at radius 2 is 1.97 bits per heavy atom. The van der Waals surface area contributed by atoms with Crippen LogP contribution in [0.3, 0.4) is 0 Å². The molecule has 4 aliphatic rings. The molecule has 2 aromatic heterocycles. The fourth-order valence-corrected chi connectivity index (χ4v) is 6.08. The Bertz CT molecular complexity index is 1270. The number of ether oxygens (including phenoxy) is 1. The zero-order chi connectivity index (χ0) is 27.5. The van der Waals surface area contributed by atoms with Gasteiger partial charge in [0.15, 0.2) is 0 Å². The molecule has 2 amide bonds. The summed E-state index contributed by atoms with van der Waals surface area (Å²) < 4.78 is 55.9. The van der Waals surface area contributed by atoms with Crippen LogP contribution in [-0.4, -0.2) is 69.5 Å². The van der Waals surface area contributed by atoms with Crippen molar-refractivity contribution in [2.75, 3.05) is 26.2 Å². The highest BCUT2D eigenvalue weighted by Gasteiger charge is 2.50. The summed E-state index contributed by atoms with van der Waals surface area (Å²) in [5.41, 5.74) is -1.49. The summed E-state index contributed by atoms with van der Waals surface area (Å²) in [5, 5.41) is 17.3. The van der Waals surface area contributed by atoms with E-state index in [1.54, 1.807) is 15.8 Å². The van der Waals surface area contributed by atoms with Crippen LogP contribution in [-0.2, 0) is 28.7 Å². The molecular formula is C27H33F3N4O5. The molecule has 2 atom stereocenters. The van der Waals surface area contributed by atoms with E-state index in [1.807, 2.05) is 6.92 Å². The van der Waals surface area contributed by atoms with Gasteiger partial charge < -0.3 is 24.5 Å². The van der Waals surface area contributed by atoms with Crippen LogP contribution in [0.4, 0.5) is 13.2 Å². The van der Waals surface area contributed by atoms with Crippen molar-refractivity contribution in [2.45, 2.75) is 82.2 Å². The number of halogens is 3. The van der Waals surface area contributed by atoms with E-state index >= 15 is 0 Å². The molecule has 2 saturated heterocycles. The van der Waals surface area contributed by atoms with Gasteiger partial charge in [-0.1, -0.05) is 6.92 Å². The number of alkyl halides is 3. The Morgan fingerprint density at radius 1 is 1.23 bits per heavy atom. The van der Waals surface area contributed by atoms with Crippen molar-refractivity contribution in [3.05, 3.63) is 28.8 Å². The summed E-state index contributed by atoms with van der Waals surface area (Å²) in [6.45, 7) is 4.20. The van der Waals surface area contributed by atoms with Crippen molar-refractivity contribution in [1.29, 1.82) is 0 Å². The molecule has 0 radical (unpaired) electrons. The number of amides is 2. The molecule has 2 aliphatic heterocycles. The molecule has 6 rings (SSSR count). The first-order valence-corrected chi connectivity index (χ1v) is 13.8. The van der Waals surface area contributed by atoms with Gasteiger partial charge in [-0.25, -0.2) is 0 Å². The normalized spacial score (nSPS) is 24.4. The van der Waals surface area contributed by atoms with E-state index in [0.29, 0.717) is 44.6 Å². The molecule has 3 fully saturated rings. The Balaban J connectivity index is 1.22. The average Bonchev–Trinajstić information content (AvgIpc) is 3.28. The molecule has 212 valence electrons. The highest BCUT2D eigenvalue weighted by atomic mass is 19.4. The van der Waals surface area contributed by atoms with Crippen molar-refractivity contribution in [2.24, 2.45) is 5.92 Å². The average molecular weight is 551 g/mol. The highest BCUT2D eigenvalue weighted by Crippen LogP contribution is 2.48. The maximum atomic E-state index is 14.4. The van der Waals surface area contributed by atoms with Gasteiger partial charge in [0.25, 0.3) is 11.8 Å². The SMILES string of the molecule is C[C@@H]1Cc2oc(C(=O)NC[C@@H]3CCCO3)c(C(F)(F)F)c2-c2nn(CC3CCN(C(=O)C4(O)CC4)CC3)cc21. The highest BCUT2D eigenvalue weighted by molar-refractivity contribution is 5.96. The van der Waals surface area contributed by atoms with E-state index in [2.05, 4.69) is 10.4 Å². The third-order valence-corrected chi connectivity index (χ3v) is 8.50. The van der Waals surface area contributed by atoms with Crippen LogP contribution in [0.2, 0.25) is 0 Å². The second-order valence-corrected chi connectivity index (χ2v) is 11.5. The first-order chi connectivity index (χ1) is 18.5. The number of aliphatic hydroxyl groups is 1. The minimum absolute atomic E-state index is 0.125. The Kier molecular flexibility index (Phi) is 6.53. The predicted octanol–water partition coefficient (Wildman–Crippen LogP) is 3.49. The van der Waals surface area contributed by atoms with Crippen LogP contribution >= 0.6 is 0 Å². The summed E-state index contributed by atoms with van der Waals surface area (Å²) in [6, 6.07) is 0. The minimum Gasteiger partial charge on any atom is -0.455 e. The maximum absolute atomic E-state index is 14.4. The molecule has 4 heterocycles. The summed E-state index contributed by atoms with van der Waals surface area (Å²) in [5.74, 6) is -1.64. The van der Waals surface area contributed by atoms with Gasteiger partial charge in [0.2, 0.25) is 5.76 Å². The van der Waals surface area contributed by atoms with Crippen LogP contribution in [0.15, 0.2) is 10.6 Å². The van der Waals surface area contributed by atoms with Crippen molar-refractivity contribution in [3.8, 4) is 11.3 Å². The van der Waals surface area contributed by atoms with Gasteiger partial charge in [0, 0.05) is 51.0 Å². The van der Waals surface area contributed by atoms with Crippen molar-refractivity contribution in [1.82, 2.24) is 20.0 Å². The monoisotopic (exact) mass is 550 g/mol. The lowest BCUT2D eigenvalue weighted by molar-refractivity contribution is -0.144. The third-order valence-electron chi connectivity index (χ3n) is 8.50. The minimum atomic E-state index is -4.81. The van der Waals surface area contributed by atoms with Gasteiger partial charge >= 0.3 is 6.18 Å². The lowest BCUT2D eigenvalue weighted by atomic mass is 9.86. The Labute approximate surface area is 223 Å². The van der Waals surface area contributed by atoms with Crippen molar-refractivity contribution >= 4 is 11.8 Å². The molecule has 0 bridgehead atoms. The van der Waals surface area contributed by atoms with E-state index in [4.69, 9.17) is 9.15 Å². The zero-order valence-electron chi connectivity index (χ0n) is 21.9. The molecule has 0 unspecified atom stereocenters. The summed E-state index contributed by atoms with van der Waals surface area (Å²) in [6.07, 6.45) is 1.10. The van der Waals surface area contributed by atoms with Crippen LogP contribution in [0.25, 0.3) is 11.3 Å². The number of carbonyl (C=O) groups excluding carboxylic acids is 2. The number of carbonyl (C=O) groups is 2. The molecule has 1 saturated carbocycles. The van der Waals surface area contributed by atoms with E-state index in [9.17, 15) is 27.9 Å². The lowest BCUT2D eigenvalue weighted by Crippen LogP contribution is -2.45. The molecule has 12 heteroatoms. The molecular weight excluding hydrogens is 517 g/mol. The topological polar surface area (TPSA) is 110 Å². The number of nitrogens with one attached hydrogen (secondary N) is 1. The second kappa shape index (κ2) is 9.65. The van der Waals surface area contributed by atoms with Gasteiger partial charge in [0.05, 0.1) is 17.4 Å². The number of piperidine rings is 1. The number of likely N-dealkylation sites (tertiary alicyclic amines) is 1. The van der Waals surface area contributed by atoms with Crippen molar-refractivity contribution < 1.29 is 37.0 Å². The Morgan fingerprint density at radius 3 is 2.62 bits per heavy atom. The summed E-state index contributed by atoms with van der Waals surface area (Å²) in [7, 11) is 0. The van der Waals surface area contributed by atoms with Gasteiger partial charge in [-0.05, 0) is 50.4 Å². The second-order valence-electron chi connectivity index (χ2n) is 11.5. The summed E-state index contributed by atoms with van der Waals surface area (Å²) in [4.78, 5) is 27.0. The smallest absolute Gasteiger partial charge is 0.420 e. The van der Waals surface area contributed by atoms with E-state index < -0.39 is 29.0 Å². The number of nitrogens with zero attached hydrogens (tertiary/aromatic N) is 3.